The molecule has 0 saturated heterocycles. The number of halogens is 4. The van der Waals surface area contributed by atoms with Crippen molar-refractivity contribution < 1.29 is 18.0 Å². The molecule has 1 aliphatic carbocycles. The largest absolute Gasteiger partial charge is 0.365 e. The van der Waals surface area contributed by atoms with Crippen LogP contribution in [0.5, 0.6) is 0 Å². The quantitative estimate of drug-likeness (QED) is 0.144. The molecule has 4 heterocycles. The summed E-state index contributed by atoms with van der Waals surface area (Å²) in [4.78, 5) is 21.9. The number of hydrogen-bond acceptors (Lipinski definition) is 6. The van der Waals surface area contributed by atoms with Crippen LogP contribution in [0.3, 0.4) is 0 Å². The predicted molar refractivity (Wildman–Crippen MR) is 202 cm³/mol. The van der Waals surface area contributed by atoms with Gasteiger partial charge in [-0.3, -0.25) is 4.79 Å². The first-order valence-corrected chi connectivity index (χ1v) is 18.5. The third-order valence-electron chi connectivity index (χ3n) is 9.75. The number of amides is 1. The van der Waals surface area contributed by atoms with E-state index in [1.807, 2.05) is 91.0 Å². The highest BCUT2D eigenvalue weighted by atomic mass is 35.5. The summed E-state index contributed by atoms with van der Waals surface area (Å²) < 4.78 is 48.7. The molecule has 0 radical (unpaired) electrons. The summed E-state index contributed by atoms with van der Waals surface area (Å²) in [7, 11) is 0. The highest BCUT2D eigenvalue weighted by Gasteiger charge is 2.42. The summed E-state index contributed by atoms with van der Waals surface area (Å²) in [5, 5.41) is 13.2. The van der Waals surface area contributed by atoms with Gasteiger partial charge < -0.3 is 10.6 Å². The van der Waals surface area contributed by atoms with Gasteiger partial charge in [0.25, 0.3) is 5.91 Å². The molecule has 1 aliphatic rings. The van der Waals surface area contributed by atoms with Crippen LogP contribution in [0, 0.1) is 17.5 Å². The summed E-state index contributed by atoms with van der Waals surface area (Å²) in [6, 6.07) is 32.4. The molecule has 1 fully saturated rings. The topological polar surface area (TPSA) is 84.7 Å². The Morgan fingerprint density at radius 2 is 1.43 bits per heavy atom. The number of aromatic nitrogens is 4. The number of anilines is 1. The number of carbonyl (C=O) groups excluding carboxylic acids is 1. The number of hydrogen-bond donors (Lipinski definition) is 2. The molecule has 0 unspecified atom stereocenters. The van der Waals surface area contributed by atoms with Gasteiger partial charge in [0.2, 0.25) is 0 Å². The van der Waals surface area contributed by atoms with Crippen LogP contribution in [0.15, 0.2) is 121 Å². The summed E-state index contributed by atoms with van der Waals surface area (Å²) in [5.74, 6) is -2.94. The van der Waals surface area contributed by atoms with Crippen molar-refractivity contribution in [2.75, 3.05) is 5.32 Å². The molecule has 7 aromatic rings. The maximum atomic E-state index is 16.0. The van der Waals surface area contributed by atoms with Gasteiger partial charge in [-0.05, 0) is 59.9 Å². The number of carbonyl (C=O) groups is 1. The lowest BCUT2D eigenvalue weighted by Gasteiger charge is -2.36. The van der Waals surface area contributed by atoms with Crippen LogP contribution in [0.25, 0.3) is 22.4 Å². The Morgan fingerprint density at radius 3 is 2.04 bits per heavy atom. The van der Waals surface area contributed by atoms with Crippen molar-refractivity contribution in [1.29, 1.82) is 0 Å². The highest BCUT2D eigenvalue weighted by molar-refractivity contribution is 7.14. The second-order valence-corrected chi connectivity index (χ2v) is 14.5. The van der Waals surface area contributed by atoms with E-state index in [9.17, 15) is 4.79 Å². The Morgan fingerprint density at radius 1 is 0.811 bits per heavy atom. The monoisotopic (exact) mass is 748 g/mol. The van der Waals surface area contributed by atoms with Crippen molar-refractivity contribution in [3.8, 4) is 11.4 Å². The standard InChI is InChI=1S/C41H32ClF3N6OS/c42-37-31(19-20-53-37)40(52)48-30-18-10-17-29(22-30)47-38-34(45)23-33(44)36(49-38)35-32-21-28(43)24-46-39(32)51(50-35)41(25-11-4-1-5-12-25,26-13-6-2-7-14-26)27-15-8-3-9-16-27/h1-9,11-16,19-21,23-24,29-30H,10,17-18,22H2,(H,47,49)(H,48,52)/t29-,30+/m0/s1. The Bertz CT molecular complexity index is 2310. The average molecular weight is 749 g/mol. The van der Waals surface area contributed by atoms with Crippen LogP contribution in [-0.2, 0) is 5.54 Å². The molecule has 1 saturated carbocycles. The number of fused-ring (bicyclic) bond motifs is 1. The van der Waals surface area contributed by atoms with Gasteiger partial charge in [-0.25, -0.2) is 27.8 Å². The van der Waals surface area contributed by atoms with Crippen LogP contribution in [0.2, 0.25) is 4.34 Å². The van der Waals surface area contributed by atoms with E-state index in [2.05, 4.69) is 20.6 Å². The van der Waals surface area contributed by atoms with Gasteiger partial charge in [0, 0.05) is 18.2 Å². The number of pyridine rings is 2. The zero-order chi connectivity index (χ0) is 36.5. The van der Waals surface area contributed by atoms with Gasteiger partial charge in [-0.2, -0.15) is 5.10 Å². The maximum Gasteiger partial charge on any atom is 0.253 e. The van der Waals surface area contributed by atoms with Crippen LogP contribution in [0.4, 0.5) is 19.0 Å². The van der Waals surface area contributed by atoms with Crippen molar-refractivity contribution in [3.05, 3.63) is 165 Å². The lowest BCUT2D eigenvalue weighted by atomic mass is 9.77. The molecule has 4 aromatic heterocycles. The summed E-state index contributed by atoms with van der Waals surface area (Å²) in [5.41, 5.74) is 1.75. The molecule has 53 heavy (non-hydrogen) atoms. The molecular weight excluding hydrogens is 717 g/mol. The van der Waals surface area contributed by atoms with E-state index >= 15 is 13.2 Å². The molecule has 7 nitrogen and oxygen atoms in total. The summed E-state index contributed by atoms with van der Waals surface area (Å²) in [6.45, 7) is 0. The number of thiophene rings is 1. The maximum absolute atomic E-state index is 16.0. The molecule has 0 bridgehead atoms. The second kappa shape index (κ2) is 14.5. The first kappa shape index (κ1) is 34.6. The number of rotatable bonds is 9. The molecule has 1 amide bonds. The van der Waals surface area contributed by atoms with Gasteiger partial charge in [0.1, 0.15) is 27.1 Å². The van der Waals surface area contributed by atoms with Crippen LogP contribution in [-0.4, -0.2) is 37.7 Å². The molecular formula is C41H32ClF3N6OS. The van der Waals surface area contributed by atoms with Crippen LogP contribution < -0.4 is 10.6 Å². The fourth-order valence-corrected chi connectivity index (χ4v) is 8.30. The molecule has 0 spiro atoms. The summed E-state index contributed by atoms with van der Waals surface area (Å²) in [6.07, 6.45) is 3.77. The number of nitrogens with one attached hydrogen (secondary N) is 2. The van der Waals surface area contributed by atoms with Gasteiger partial charge in [-0.15, -0.1) is 11.3 Å². The number of benzene rings is 3. The summed E-state index contributed by atoms with van der Waals surface area (Å²) >= 11 is 7.46. The lowest BCUT2D eigenvalue weighted by Crippen LogP contribution is -2.42. The first-order valence-electron chi connectivity index (χ1n) is 17.2. The molecule has 0 aliphatic heterocycles. The molecule has 3 aromatic carbocycles. The van der Waals surface area contributed by atoms with E-state index in [0.717, 1.165) is 41.8 Å². The normalized spacial score (nSPS) is 16.1. The van der Waals surface area contributed by atoms with E-state index in [-0.39, 0.29) is 46.2 Å². The van der Waals surface area contributed by atoms with Crippen molar-refractivity contribution in [3.63, 3.8) is 0 Å². The Kier molecular flexibility index (Phi) is 9.44. The van der Waals surface area contributed by atoms with Crippen LogP contribution in [0.1, 0.15) is 52.7 Å². The molecule has 266 valence electrons. The van der Waals surface area contributed by atoms with E-state index in [1.165, 1.54) is 17.4 Å². The van der Waals surface area contributed by atoms with E-state index in [0.29, 0.717) is 22.7 Å². The Hall–Kier alpha value is -5.52. The smallest absolute Gasteiger partial charge is 0.253 e. The van der Waals surface area contributed by atoms with Crippen molar-refractivity contribution in [1.82, 2.24) is 25.1 Å². The van der Waals surface area contributed by atoms with Gasteiger partial charge in [-0.1, -0.05) is 103 Å². The molecule has 2 atom stereocenters. The van der Waals surface area contributed by atoms with Gasteiger partial charge >= 0.3 is 0 Å². The SMILES string of the molecule is O=C(N[C@@H]1CCC[C@H](Nc2nc(-c3nn(C(c4ccccc4)(c4ccccc4)c4ccccc4)c4ncc(F)cc34)c(F)cc2F)C1)c1ccsc1Cl. The minimum atomic E-state index is -1.16. The Labute approximate surface area is 312 Å². The minimum Gasteiger partial charge on any atom is -0.365 e. The lowest BCUT2D eigenvalue weighted by molar-refractivity contribution is 0.0927. The number of nitrogens with zero attached hydrogens (tertiary/aromatic N) is 4. The fourth-order valence-electron chi connectivity index (χ4n) is 7.39. The molecule has 2 N–H and O–H groups in total. The second-order valence-electron chi connectivity index (χ2n) is 13.0. The van der Waals surface area contributed by atoms with Crippen LogP contribution >= 0.6 is 22.9 Å². The first-order chi connectivity index (χ1) is 25.8. The van der Waals surface area contributed by atoms with Crippen molar-refractivity contribution in [2.24, 2.45) is 0 Å². The van der Waals surface area contributed by atoms with E-state index in [1.54, 1.807) is 16.1 Å². The molecule has 8 rings (SSSR count). The van der Waals surface area contributed by atoms with Gasteiger partial charge in [0.15, 0.2) is 23.1 Å². The fraction of sp³-hybridized carbons (Fsp3) is 0.171. The predicted octanol–water partition coefficient (Wildman–Crippen LogP) is 9.62. The van der Waals surface area contributed by atoms with Crippen molar-refractivity contribution in [2.45, 2.75) is 43.3 Å². The third kappa shape index (κ3) is 6.44. The average Bonchev–Trinajstić information content (AvgIpc) is 3.78. The zero-order valence-electron chi connectivity index (χ0n) is 28.1. The zero-order valence-corrected chi connectivity index (χ0v) is 29.7. The van der Waals surface area contributed by atoms with Crippen molar-refractivity contribution >= 4 is 45.7 Å². The highest BCUT2D eigenvalue weighted by Crippen LogP contribution is 2.44. The van der Waals surface area contributed by atoms with Gasteiger partial charge in [0.05, 0.1) is 17.1 Å². The minimum absolute atomic E-state index is 0.00106. The van der Waals surface area contributed by atoms with E-state index < -0.39 is 23.0 Å². The van der Waals surface area contributed by atoms with E-state index in [4.69, 9.17) is 16.7 Å². The molecule has 12 heteroatoms. The Balaban J connectivity index is 1.24. The third-order valence-corrected chi connectivity index (χ3v) is 10.9.